The van der Waals surface area contributed by atoms with Gasteiger partial charge in [0.2, 0.25) is 10.8 Å². The first kappa shape index (κ1) is 30.9. The lowest BCUT2D eigenvalue weighted by Gasteiger charge is -2.33. The molecule has 226 valence electrons. The molecule has 0 heterocycles. The van der Waals surface area contributed by atoms with E-state index in [1.54, 1.807) is 48.5 Å². The highest BCUT2D eigenvalue weighted by molar-refractivity contribution is 5.78. The molecule has 6 aromatic rings. The lowest BCUT2D eigenvalue weighted by Crippen LogP contribution is -2.45. The third kappa shape index (κ3) is 5.37. The maximum atomic E-state index is 10.7. The van der Waals surface area contributed by atoms with Crippen LogP contribution in [0.4, 0.5) is 34.1 Å². The number of nitrogens with zero attached hydrogens (tertiary/aromatic N) is 6. The van der Waals surface area contributed by atoms with Crippen molar-refractivity contribution >= 4 is 34.1 Å². The van der Waals surface area contributed by atoms with Crippen molar-refractivity contribution in [3.63, 3.8) is 0 Å². The average molecular weight is 617 g/mol. The van der Waals surface area contributed by atoms with Gasteiger partial charge >= 0.3 is 0 Å². The number of hydrogen-bond donors (Lipinski definition) is 0. The zero-order valence-corrected chi connectivity index (χ0v) is 25.8. The first-order valence-electron chi connectivity index (χ1n) is 15.3. The Balaban J connectivity index is 1.42. The minimum atomic E-state index is -2.14. The Morgan fingerprint density at radius 2 is 0.500 bits per heavy atom. The molecule has 0 unspecified atom stereocenters. The predicted molar refractivity (Wildman–Crippen MR) is 188 cm³/mol. The van der Waals surface area contributed by atoms with Gasteiger partial charge in [-0.15, -0.1) is 0 Å². The quantitative estimate of drug-likeness (QED) is 0.160. The molecule has 6 aromatic carbocycles. The zero-order valence-electron chi connectivity index (χ0n) is 25.8. The minimum Gasteiger partial charge on any atom is -0.311 e. The Kier molecular flexibility index (Phi) is 8.67. The highest BCUT2D eigenvalue weighted by atomic mass is 15.1. The van der Waals surface area contributed by atoms with Crippen LogP contribution in [0.25, 0.3) is 0 Å². The molecule has 0 fully saturated rings. The Hall–Kier alpha value is -7.12. The third-order valence-corrected chi connectivity index (χ3v) is 8.41. The number of hydrogen-bond acceptors (Lipinski definition) is 6. The molecule has 0 atom stereocenters. The molecule has 0 aliphatic rings. The lowest BCUT2D eigenvalue weighted by molar-refractivity contribution is 0.524. The second kappa shape index (κ2) is 13.5. The highest BCUT2D eigenvalue weighted by Gasteiger charge is 2.57. The molecule has 0 spiro atoms. The first-order chi connectivity index (χ1) is 23.6. The number of para-hydroxylation sites is 4. The maximum absolute atomic E-state index is 10.7. The molecule has 0 saturated carbocycles. The van der Waals surface area contributed by atoms with Gasteiger partial charge in [0.1, 0.15) is 0 Å². The fourth-order valence-corrected chi connectivity index (χ4v) is 6.00. The zero-order chi connectivity index (χ0) is 33.4. The van der Waals surface area contributed by atoms with Crippen LogP contribution in [0.1, 0.15) is 11.1 Å². The van der Waals surface area contributed by atoms with Crippen molar-refractivity contribution in [2.75, 3.05) is 9.80 Å². The average Bonchev–Trinajstić information content (AvgIpc) is 3.17. The minimum absolute atomic E-state index is 0.250. The summed E-state index contributed by atoms with van der Waals surface area (Å²) in [7, 11) is 0. The van der Waals surface area contributed by atoms with E-state index in [4.69, 9.17) is 0 Å². The maximum Gasteiger partial charge on any atom is 0.204 e. The Labute approximate surface area is 280 Å². The van der Waals surface area contributed by atoms with Crippen molar-refractivity contribution in [1.29, 1.82) is 21.0 Å². The number of nitriles is 4. The van der Waals surface area contributed by atoms with Gasteiger partial charge in [0.25, 0.3) is 0 Å². The normalized spacial score (nSPS) is 10.8. The van der Waals surface area contributed by atoms with E-state index in [0.29, 0.717) is 0 Å². The van der Waals surface area contributed by atoms with Crippen LogP contribution >= 0.6 is 0 Å². The van der Waals surface area contributed by atoms with Crippen LogP contribution in [-0.2, 0) is 10.8 Å². The topological polar surface area (TPSA) is 102 Å². The molecule has 0 N–H and O–H groups in total. The van der Waals surface area contributed by atoms with Crippen LogP contribution in [0.2, 0.25) is 0 Å². The fraction of sp³-hybridized carbons (Fsp3) is 0.0476. The van der Waals surface area contributed by atoms with E-state index in [0.717, 1.165) is 34.1 Å². The molecular weight excluding hydrogens is 589 g/mol. The molecule has 6 nitrogen and oxygen atoms in total. The SMILES string of the molecule is N#CC(C#N)(c1ccc(N(c2ccccc2)c2ccccc2)cc1)C(C#N)(C#N)c1ccc(N(c2ccccc2)c2ccccc2)cc1. The van der Waals surface area contributed by atoms with Crippen molar-refractivity contribution in [1.82, 2.24) is 0 Å². The second-order valence-electron chi connectivity index (χ2n) is 11.1. The summed E-state index contributed by atoms with van der Waals surface area (Å²) >= 11 is 0. The summed E-state index contributed by atoms with van der Waals surface area (Å²) in [6, 6.07) is 61.6. The van der Waals surface area contributed by atoms with Gasteiger partial charge in [-0.2, -0.15) is 21.0 Å². The number of benzene rings is 6. The van der Waals surface area contributed by atoms with Crippen LogP contribution in [0, 0.1) is 45.3 Å². The van der Waals surface area contributed by atoms with Gasteiger partial charge in [-0.25, -0.2) is 0 Å². The van der Waals surface area contributed by atoms with E-state index in [9.17, 15) is 21.0 Å². The Bertz CT molecular complexity index is 1890. The summed E-state index contributed by atoms with van der Waals surface area (Å²) in [6.07, 6.45) is 0. The van der Waals surface area contributed by atoms with Crippen molar-refractivity contribution in [2.45, 2.75) is 10.8 Å². The summed E-state index contributed by atoms with van der Waals surface area (Å²) < 4.78 is 0. The fourth-order valence-electron chi connectivity index (χ4n) is 6.00. The number of rotatable bonds is 9. The summed E-state index contributed by atoms with van der Waals surface area (Å²) in [5, 5.41) is 42.7. The van der Waals surface area contributed by atoms with Crippen molar-refractivity contribution in [3.05, 3.63) is 181 Å². The van der Waals surface area contributed by atoms with E-state index in [1.807, 2.05) is 121 Å². The first-order valence-corrected chi connectivity index (χ1v) is 15.3. The molecule has 0 saturated heterocycles. The summed E-state index contributed by atoms with van der Waals surface area (Å²) in [5.74, 6) is 0. The molecule has 0 aliphatic carbocycles. The van der Waals surface area contributed by atoms with E-state index in [-0.39, 0.29) is 11.1 Å². The van der Waals surface area contributed by atoms with Crippen LogP contribution in [0.5, 0.6) is 0 Å². The molecule has 6 rings (SSSR count). The predicted octanol–water partition coefficient (Wildman–Crippen LogP) is 9.90. The summed E-state index contributed by atoms with van der Waals surface area (Å²) in [5.41, 5.74) is 1.48. The molecule has 0 aliphatic heterocycles. The molecule has 0 aromatic heterocycles. The standard InChI is InChI=1S/C42H28N6/c43-29-41(30-44,33-21-25-39(26-22-33)47(35-13-5-1-6-14-35)36-15-7-2-8-16-36)42(31-45,32-46)34-23-27-40(28-24-34)48(37-17-9-3-10-18-37)38-19-11-4-12-20-38/h1-28H. The van der Waals surface area contributed by atoms with Crippen molar-refractivity contribution < 1.29 is 0 Å². The second-order valence-corrected chi connectivity index (χ2v) is 11.1. The van der Waals surface area contributed by atoms with Gasteiger partial charge in [0.15, 0.2) is 0 Å². The van der Waals surface area contributed by atoms with Crippen LogP contribution in [-0.4, -0.2) is 0 Å². The molecule has 48 heavy (non-hydrogen) atoms. The van der Waals surface area contributed by atoms with Gasteiger partial charge < -0.3 is 9.80 Å². The smallest absolute Gasteiger partial charge is 0.204 e. The van der Waals surface area contributed by atoms with Crippen molar-refractivity contribution in [2.24, 2.45) is 0 Å². The van der Waals surface area contributed by atoms with E-state index >= 15 is 0 Å². The van der Waals surface area contributed by atoms with E-state index in [2.05, 4.69) is 34.1 Å². The Morgan fingerprint density at radius 3 is 0.708 bits per heavy atom. The molecule has 0 bridgehead atoms. The molecule has 0 amide bonds. The van der Waals surface area contributed by atoms with Gasteiger partial charge in [0, 0.05) is 34.1 Å². The van der Waals surface area contributed by atoms with Gasteiger partial charge in [-0.05, 0) is 83.9 Å². The Morgan fingerprint density at radius 1 is 0.292 bits per heavy atom. The number of anilines is 6. The van der Waals surface area contributed by atoms with Gasteiger partial charge in [0.05, 0.1) is 24.3 Å². The lowest BCUT2D eigenvalue weighted by atomic mass is 9.59. The summed E-state index contributed by atoms with van der Waals surface area (Å²) in [4.78, 5) is 4.10. The van der Waals surface area contributed by atoms with Gasteiger partial charge in [-0.1, -0.05) is 97.1 Å². The van der Waals surface area contributed by atoms with Crippen molar-refractivity contribution in [3.8, 4) is 24.3 Å². The summed E-state index contributed by atoms with van der Waals surface area (Å²) in [6.45, 7) is 0. The van der Waals surface area contributed by atoms with Crippen LogP contribution in [0.3, 0.4) is 0 Å². The molecular formula is C42H28N6. The van der Waals surface area contributed by atoms with Gasteiger partial charge in [-0.3, -0.25) is 0 Å². The van der Waals surface area contributed by atoms with Crippen LogP contribution < -0.4 is 9.80 Å². The molecule has 6 heteroatoms. The van der Waals surface area contributed by atoms with Crippen LogP contribution in [0.15, 0.2) is 170 Å². The molecule has 0 radical (unpaired) electrons. The largest absolute Gasteiger partial charge is 0.311 e. The van der Waals surface area contributed by atoms with E-state index < -0.39 is 10.8 Å². The highest BCUT2D eigenvalue weighted by Crippen LogP contribution is 2.46. The monoisotopic (exact) mass is 616 g/mol. The third-order valence-electron chi connectivity index (χ3n) is 8.41. The van der Waals surface area contributed by atoms with E-state index in [1.165, 1.54) is 0 Å².